The average molecular weight is 185 g/mol. The van der Waals surface area contributed by atoms with Crippen molar-refractivity contribution in [3.63, 3.8) is 0 Å². The molecule has 1 fully saturated rings. The summed E-state index contributed by atoms with van der Waals surface area (Å²) in [6.45, 7) is 0. The molecule has 0 bridgehead atoms. The molecule has 2 heteroatoms. The highest BCUT2D eigenvalue weighted by Gasteiger charge is 2.16. The fourth-order valence-electron chi connectivity index (χ4n) is 2.16. The van der Waals surface area contributed by atoms with Crippen LogP contribution in [0, 0.1) is 0 Å². The Kier molecular flexibility index (Phi) is 5.40. The van der Waals surface area contributed by atoms with Crippen LogP contribution in [-0.4, -0.2) is 24.3 Å². The summed E-state index contributed by atoms with van der Waals surface area (Å²) in [6.07, 6.45) is 9.83. The van der Waals surface area contributed by atoms with Crippen LogP contribution in [0.1, 0.15) is 51.4 Å². The van der Waals surface area contributed by atoms with Gasteiger partial charge in [-0.1, -0.05) is 38.5 Å². The molecule has 13 heavy (non-hydrogen) atoms. The maximum atomic E-state index is 9.83. The molecule has 0 aromatic heterocycles. The minimum absolute atomic E-state index is 0.122. The smallest absolute Gasteiger partial charge is 0.0693 e. The Balaban J connectivity index is 2.32. The molecule has 2 atom stereocenters. The van der Waals surface area contributed by atoms with E-state index in [9.17, 15) is 5.11 Å². The molecule has 0 amide bonds. The molecule has 0 heterocycles. The van der Waals surface area contributed by atoms with Crippen molar-refractivity contribution in [1.29, 1.82) is 0 Å². The second kappa shape index (κ2) is 6.39. The molecule has 1 saturated carbocycles. The van der Waals surface area contributed by atoms with Gasteiger partial charge in [0.1, 0.15) is 0 Å². The van der Waals surface area contributed by atoms with Crippen LogP contribution in [0.5, 0.6) is 0 Å². The lowest BCUT2D eigenvalue weighted by atomic mass is 9.95. The first-order valence-corrected chi connectivity index (χ1v) is 5.70. The van der Waals surface area contributed by atoms with Gasteiger partial charge in [-0.2, -0.15) is 0 Å². The maximum Gasteiger partial charge on any atom is 0.0693 e. The van der Waals surface area contributed by atoms with Crippen molar-refractivity contribution >= 4 is 0 Å². The Bertz CT molecular complexity index is 127. The minimum atomic E-state index is -0.122. The molecule has 1 aliphatic rings. The third-order valence-corrected chi connectivity index (χ3v) is 3.10. The molecular weight excluding hydrogens is 162 g/mol. The van der Waals surface area contributed by atoms with Crippen LogP contribution in [-0.2, 0) is 0 Å². The molecule has 2 nitrogen and oxygen atoms in total. The predicted octanol–water partition coefficient (Wildman–Crippen LogP) is 2.07. The van der Waals surface area contributed by atoms with Crippen LogP contribution in [0.4, 0.5) is 0 Å². The Hall–Kier alpha value is -0.0800. The van der Waals surface area contributed by atoms with Gasteiger partial charge >= 0.3 is 0 Å². The zero-order chi connectivity index (χ0) is 9.52. The van der Waals surface area contributed by atoms with E-state index in [0.717, 1.165) is 12.8 Å². The zero-order valence-corrected chi connectivity index (χ0v) is 8.76. The van der Waals surface area contributed by atoms with E-state index in [1.54, 1.807) is 0 Å². The van der Waals surface area contributed by atoms with Crippen LogP contribution >= 0.6 is 0 Å². The second-order valence-electron chi connectivity index (χ2n) is 4.16. The van der Waals surface area contributed by atoms with Crippen LogP contribution in [0.15, 0.2) is 0 Å². The summed E-state index contributed by atoms with van der Waals surface area (Å²) in [4.78, 5) is 0. The number of hydrogen-bond donors (Lipinski definition) is 2. The van der Waals surface area contributed by atoms with Crippen molar-refractivity contribution in [2.75, 3.05) is 7.05 Å². The Labute approximate surface area is 81.7 Å². The number of likely N-dealkylation sites (N-methyl/N-ethyl adjacent to an activating group) is 1. The van der Waals surface area contributed by atoms with Gasteiger partial charge in [0, 0.05) is 6.04 Å². The SMILES string of the molecule is CNC1CCCCCCCCC1O. The Morgan fingerprint density at radius 3 is 2.08 bits per heavy atom. The van der Waals surface area contributed by atoms with E-state index in [1.165, 1.54) is 38.5 Å². The third-order valence-electron chi connectivity index (χ3n) is 3.10. The van der Waals surface area contributed by atoms with Crippen LogP contribution in [0.3, 0.4) is 0 Å². The number of nitrogens with one attached hydrogen (secondary N) is 1. The average Bonchev–Trinajstić information content (AvgIpc) is 2.16. The minimum Gasteiger partial charge on any atom is -0.392 e. The van der Waals surface area contributed by atoms with Crippen LogP contribution in [0.25, 0.3) is 0 Å². The van der Waals surface area contributed by atoms with E-state index < -0.39 is 0 Å². The monoisotopic (exact) mass is 185 g/mol. The maximum absolute atomic E-state index is 9.83. The van der Waals surface area contributed by atoms with E-state index in [0.29, 0.717) is 6.04 Å². The topological polar surface area (TPSA) is 32.3 Å². The highest BCUT2D eigenvalue weighted by molar-refractivity contribution is 4.75. The van der Waals surface area contributed by atoms with Crippen molar-refractivity contribution in [2.45, 2.75) is 63.5 Å². The molecular formula is C11H23NO. The first-order valence-electron chi connectivity index (χ1n) is 5.70. The molecule has 2 unspecified atom stereocenters. The van der Waals surface area contributed by atoms with Crippen molar-refractivity contribution in [2.24, 2.45) is 0 Å². The molecule has 0 aromatic carbocycles. The van der Waals surface area contributed by atoms with E-state index in [2.05, 4.69) is 5.32 Å². The first kappa shape index (κ1) is 11.0. The molecule has 0 radical (unpaired) electrons. The van der Waals surface area contributed by atoms with Gasteiger partial charge in [-0.15, -0.1) is 0 Å². The lowest BCUT2D eigenvalue weighted by molar-refractivity contribution is 0.111. The van der Waals surface area contributed by atoms with Crippen LogP contribution in [0.2, 0.25) is 0 Å². The molecule has 0 aromatic rings. The van der Waals surface area contributed by atoms with Crippen LogP contribution < -0.4 is 5.32 Å². The standard InChI is InChI=1S/C11H23NO/c1-12-10-8-6-4-2-3-5-7-9-11(10)13/h10-13H,2-9H2,1H3. The summed E-state index contributed by atoms with van der Waals surface area (Å²) in [7, 11) is 1.96. The van der Waals surface area contributed by atoms with Gasteiger partial charge < -0.3 is 10.4 Å². The molecule has 2 N–H and O–H groups in total. The van der Waals surface area contributed by atoms with Gasteiger partial charge in [-0.05, 0) is 19.9 Å². The lowest BCUT2D eigenvalue weighted by Gasteiger charge is -2.23. The number of rotatable bonds is 1. The normalized spacial score (nSPS) is 32.8. The highest BCUT2D eigenvalue weighted by Crippen LogP contribution is 2.17. The third kappa shape index (κ3) is 4.10. The second-order valence-corrected chi connectivity index (χ2v) is 4.16. The van der Waals surface area contributed by atoms with E-state index >= 15 is 0 Å². The fraction of sp³-hybridized carbons (Fsp3) is 1.00. The van der Waals surface area contributed by atoms with Crippen molar-refractivity contribution in [1.82, 2.24) is 5.32 Å². The largest absolute Gasteiger partial charge is 0.392 e. The highest BCUT2D eigenvalue weighted by atomic mass is 16.3. The summed E-state index contributed by atoms with van der Waals surface area (Å²) in [5.41, 5.74) is 0. The summed E-state index contributed by atoms with van der Waals surface area (Å²) < 4.78 is 0. The van der Waals surface area contributed by atoms with E-state index in [4.69, 9.17) is 0 Å². The molecule has 1 rings (SSSR count). The number of aliphatic hydroxyl groups is 1. The fourth-order valence-corrected chi connectivity index (χ4v) is 2.16. The molecule has 78 valence electrons. The lowest BCUT2D eigenvalue weighted by Crippen LogP contribution is -2.37. The summed E-state index contributed by atoms with van der Waals surface area (Å²) in [5.74, 6) is 0. The molecule has 0 saturated heterocycles. The Morgan fingerprint density at radius 2 is 1.46 bits per heavy atom. The van der Waals surface area contributed by atoms with Gasteiger partial charge in [0.25, 0.3) is 0 Å². The van der Waals surface area contributed by atoms with Gasteiger partial charge in [-0.3, -0.25) is 0 Å². The van der Waals surface area contributed by atoms with Gasteiger partial charge in [-0.25, -0.2) is 0 Å². The summed E-state index contributed by atoms with van der Waals surface area (Å²) in [5, 5.41) is 13.0. The zero-order valence-electron chi connectivity index (χ0n) is 8.76. The number of aliphatic hydroxyl groups excluding tert-OH is 1. The summed E-state index contributed by atoms with van der Waals surface area (Å²) >= 11 is 0. The van der Waals surface area contributed by atoms with Gasteiger partial charge in [0.05, 0.1) is 6.10 Å². The first-order chi connectivity index (χ1) is 6.34. The summed E-state index contributed by atoms with van der Waals surface area (Å²) in [6, 6.07) is 0.332. The van der Waals surface area contributed by atoms with Crippen molar-refractivity contribution in [3.05, 3.63) is 0 Å². The van der Waals surface area contributed by atoms with Gasteiger partial charge in [0.2, 0.25) is 0 Å². The van der Waals surface area contributed by atoms with E-state index in [1.807, 2.05) is 7.05 Å². The molecule has 0 spiro atoms. The predicted molar refractivity (Wildman–Crippen MR) is 55.8 cm³/mol. The molecule has 1 aliphatic carbocycles. The van der Waals surface area contributed by atoms with E-state index in [-0.39, 0.29) is 6.10 Å². The molecule has 0 aliphatic heterocycles. The van der Waals surface area contributed by atoms with Gasteiger partial charge in [0.15, 0.2) is 0 Å². The van der Waals surface area contributed by atoms with Crippen molar-refractivity contribution < 1.29 is 5.11 Å². The quantitative estimate of drug-likeness (QED) is 0.655. The van der Waals surface area contributed by atoms with Crippen molar-refractivity contribution in [3.8, 4) is 0 Å². The Morgan fingerprint density at radius 1 is 0.923 bits per heavy atom. The number of hydrogen-bond acceptors (Lipinski definition) is 2.